The molecular formula is C98H114N20O14. The van der Waals surface area contributed by atoms with Gasteiger partial charge in [0.15, 0.2) is 0 Å². The normalized spacial score (nSPS) is 12.2. The van der Waals surface area contributed by atoms with E-state index in [0.717, 1.165) is 61.4 Å². The fourth-order valence-electron chi connectivity index (χ4n) is 11.6. The van der Waals surface area contributed by atoms with Crippen molar-refractivity contribution in [1.82, 2.24) is 26.0 Å². The van der Waals surface area contributed by atoms with Crippen LogP contribution in [0.2, 0.25) is 0 Å². The van der Waals surface area contributed by atoms with Crippen LogP contribution in [-0.4, -0.2) is 76.0 Å². The number of hydrogen-bond donors (Lipinski definition) is 13. The van der Waals surface area contributed by atoms with Crippen LogP contribution in [0.4, 0.5) is 62.6 Å². The number of H-pyrrole nitrogens is 1. The molecule has 4 amide bonds. The van der Waals surface area contributed by atoms with Gasteiger partial charge in [-0.2, -0.15) is 15.4 Å². The van der Waals surface area contributed by atoms with Gasteiger partial charge in [0, 0.05) is 113 Å². The number of aliphatic carboxylic acids is 2. The van der Waals surface area contributed by atoms with Gasteiger partial charge in [-0.3, -0.25) is 59.1 Å². The molecule has 11 aromatic rings. The van der Waals surface area contributed by atoms with Crippen molar-refractivity contribution in [2.24, 2.45) is 0 Å². The first-order valence-electron chi connectivity index (χ1n) is 41.3. The Morgan fingerprint density at radius 1 is 0.386 bits per heavy atom. The molecule has 0 saturated carbocycles. The van der Waals surface area contributed by atoms with Crippen LogP contribution in [0, 0.1) is 56.6 Å². The molecule has 0 spiro atoms. The number of anilines is 8. The van der Waals surface area contributed by atoms with E-state index in [1.807, 2.05) is 88.4 Å². The highest BCUT2D eigenvalue weighted by molar-refractivity contribution is 5.92. The van der Waals surface area contributed by atoms with E-state index >= 15 is 0 Å². The Morgan fingerprint density at radius 2 is 0.720 bits per heavy atom. The minimum atomic E-state index is -1.03. The Bertz CT molecular complexity index is 5970. The lowest BCUT2D eigenvalue weighted by atomic mass is 9.87. The van der Waals surface area contributed by atoms with Gasteiger partial charge in [0.25, 0.3) is 17.1 Å². The minimum Gasteiger partial charge on any atom is -0.481 e. The molecular weight excluding hydrogens is 1680 g/mol. The number of aromatic nitrogens is 3. The number of carboxylic acid groups (broad SMARTS) is 2. The molecule has 0 bridgehead atoms. The van der Waals surface area contributed by atoms with E-state index in [-0.39, 0.29) is 92.9 Å². The number of nitrogens with one attached hydrogen (secondary N) is 5. The van der Waals surface area contributed by atoms with Gasteiger partial charge in [0.05, 0.1) is 61.2 Å². The van der Waals surface area contributed by atoms with Crippen LogP contribution in [-0.2, 0) is 52.7 Å². The van der Waals surface area contributed by atoms with Crippen LogP contribution < -0.4 is 55.7 Å². The van der Waals surface area contributed by atoms with Crippen molar-refractivity contribution in [2.45, 2.75) is 183 Å². The number of hydrogen-bond acceptors (Lipinski definition) is 20. The Hall–Kier alpha value is -16.6. The molecule has 690 valence electrons. The molecule has 1 heterocycles. The highest BCUT2D eigenvalue weighted by Gasteiger charge is 2.24. The molecule has 1 aromatic heterocycles. The Kier molecular flexibility index (Phi) is 41.8. The van der Waals surface area contributed by atoms with Crippen LogP contribution in [0.1, 0.15) is 225 Å². The van der Waals surface area contributed by atoms with Gasteiger partial charge in [0.2, 0.25) is 47.8 Å². The summed E-state index contributed by atoms with van der Waals surface area (Å²) in [6, 6.07) is 61.0. The standard InChI is InChI=1S/C20H24N4O.C20H27N3O.C11H11N3O3.C11H12N2O.C9H10N2O4.C9H8N2O2.C9H12N2O2.C9H10N2/c1-13(15-7-10-17-18(11-15)23-24-22-17)19(25)21-12-14-5-8-16(9-6-14)20(2,3)4;1-13(15-7-10-17(21)18(22)11-15)19(24)23-12-14-5-8-16(9-6-14)20(2,3)4;1-7(12-3)9-4-5-10(13-8(2)15)11(6-9)14(16)17;1-8(12-3)10-4-6-11(7-5-10)13-9(2)14;1-5(9(12)13)6-2-3-7(10)8(4-6)11(14)15;1-7(10-2)8-3-5-9(6-4-8)11(12)13;1-5(9(12)13)6-2-3-7(10)8(11)4-6;1-7(11-2)8-3-5-9(10)6-4-8/h5-11,13H,12H2,1-4H3,(H,21,25)(H,22,23,24);5-11,13H,12,21-22H2,1-4H3,(H,23,24);4-7H,1-2H3,(H,13,15);4-8H,1-2H3,(H,13,14);2-5H,10H2,1H3,(H,12,13);3-7H,1H3;2-5H,10-11H2,1H3,(H,12,13);3-7H,10H2,1H3. The zero-order valence-electron chi connectivity index (χ0n) is 76.5. The van der Waals surface area contributed by atoms with Crippen LogP contribution in [0.5, 0.6) is 0 Å². The van der Waals surface area contributed by atoms with Gasteiger partial charge >= 0.3 is 11.9 Å². The molecule has 0 aliphatic carbocycles. The maximum Gasteiger partial charge on any atom is 0.310 e. The summed E-state index contributed by atoms with van der Waals surface area (Å²) in [4.78, 5) is 111. The number of carbonyl (C=O) groups excluding carboxylic acids is 4. The number of nitro groups is 3. The average Bonchev–Trinajstić information content (AvgIpc) is 1.78. The van der Waals surface area contributed by atoms with E-state index in [4.69, 9.17) is 70.9 Å². The average molecular weight is 1800 g/mol. The van der Waals surface area contributed by atoms with E-state index in [1.165, 1.54) is 74.4 Å². The molecule has 0 saturated heterocycles. The first-order chi connectivity index (χ1) is 61.9. The molecule has 132 heavy (non-hydrogen) atoms. The monoisotopic (exact) mass is 1790 g/mol. The molecule has 19 N–H and O–H groups in total. The third-order valence-corrected chi connectivity index (χ3v) is 20.4. The number of non-ortho nitro benzene ring substituents is 1. The van der Waals surface area contributed by atoms with Crippen molar-refractivity contribution < 1.29 is 53.8 Å². The third-order valence-electron chi connectivity index (χ3n) is 20.4. The predicted octanol–water partition coefficient (Wildman–Crippen LogP) is 19.6. The number of carbonyl (C=O) groups is 6. The largest absolute Gasteiger partial charge is 0.481 e. The summed E-state index contributed by atoms with van der Waals surface area (Å²) < 4.78 is 0. The maximum absolute atomic E-state index is 12.5. The first-order valence-corrected chi connectivity index (χ1v) is 41.3. The lowest BCUT2D eigenvalue weighted by Crippen LogP contribution is -2.27. The number of rotatable bonds is 21. The number of aromatic amines is 1. The molecule has 0 aliphatic rings. The van der Waals surface area contributed by atoms with Crippen molar-refractivity contribution in [3.8, 4) is 0 Å². The van der Waals surface area contributed by atoms with Crippen LogP contribution in [0.15, 0.2) is 212 Å². The molecule has 0 aliphatic heterocycles. The summed E-state index contributed by atoms with van der Waals surface area (Å²) in [5.74, 6) is -4.25. The van der Waals surface area contributed by atoms with Crippen LogP contribution >= 0.6 is 0 Å². The molecule has 34 heteroatoms. The number of fused-ring (bicyclic) bond motifs is 1. The molecule has 0 radical (unpaired) electrons. The fraction of sp³-hybridized carbons (Fsp3) is 0.286. The fourth-order valence-corrected chi connectivity index (χ4v) is 11.6. The van der Waals surface area contributed by atoms with E-state index in [0.29, 0.717) is 52.5 Å². The summed E-state index contributed by atoms with van der Waals surface area (Å²) in [5, 5.41) is 70.9. The highest BCUT2D eigenvalue weighted by atomic mass is 16.6. The second-order valence-corrected chi connectivity index (χ2v) is 32.6. The number of nitrogen functional groups attached to an aromatic ring is 6. The second kappa shape index (κ2) is 51.3. The van der Waals surface area contributed by atoms with Gasteiger partial charge in [-0.15, -0.1) is 0 Å². The topological polar surface area (TPSA) is 536 Å². The SMILES string of the molecule is CC(C(=O)NCc1ccc(C(C)(C)C)cc1)c1ccc(N)c(N)c1.CC(C(=O)NCc1ccc(C(C)(C)C)cc1)c1ccc2n[nH]nc2c1.CC(C(=O)O)c1ccc(N)c(N)c1.CC(C(=O)O)c1ccc(N)c([N+](=O)[O-])c1.[C-]#[N+]C(C)c1ccc(N)cc1.[C-]#[N+]C(C)c1ccc(NC(C)=O)c([N+](=O)[O-])c1.[C-]#[N+]C(C)c1ccc(NC(C)=O)cc1.[C-]#[N+]C(C)c1ccc([N+](=O)[O-])cc1. The van der Waals surface area contributed by atoms with Gasteiger partial charge in [-0.05, 0) is 198 Å². The number of nitrogens with two attached hydrogens (primary N) is 6. The quantitative estimate of drug-likeness (QED) is 0.0137. The lowest BCUT2D eigenvalue weighted by Gasteiger charge is -2.19. The molecule has 10 aromatic carbocycles. The van der Waals surface area contributed by atoms with Crippen LogP contribution in [0.25, 0.3) is 30.4 Å². The highest BCUT2D eigenvalue weighted by Crippen LogP contribution is 2.33. The minimum absolute atomic E-state index is 0.00254. The number of amides is 4. The van der Waals surface area contributed by atoms with Gasteiger partial charge in [-0.1, -0.05) is 114 Å². The van der Waals surface area contributed by atoms with E-state index in [1.54, 1.807) is 81.4 Å². The van der Waals surface area contributed by atoms with Gasteiger partial charge in [-0.25, -0.2) is 26.3 Å². The van der Waals surface area contributed by atoms with Crippen molar-refractivity contribution >= 4 is 109 Å². The van der Waals surface area contributed by atoms with Crippen molar-refractivity contribution in [1.29, 1.82) is 0 Å². The summed E-state index contributed by atoms with van der Waals surface area (Å²) in [6.07, 6.45) is 0. The number of carboxylic acids is 2. The number of nitrogens with zero attached hydrogens (tertiary/aromatic N) is 9. The van der Waals surface area contributed by atoms with Crippen molar-refractivity contribution in [3.05, 3.63) is 355 Å². The second-order valence-electron chi connectivity index (χ2n) is 32.6. The van der Waals surface area contributed by atoms with E-state index in [9.17, 15) is 59.1 Å². The molecule has 34 nitrogen and oxygen atoms in total. The smallest absolute Gasteiger partial charge is 0.310 e. The number of nitro benzene ring substituents is 3. The maximum atomic E-state index is 12.5. The summed E-state index contributed by atoms with van der Waals surface area (Å²) in [6.45, 7) is 58.2. The molecule has 11 rings (SSSR count). The summed E-state index contributed by atoms with van der Waals surface area (Å²) in [7, 11) is 0. The van der Waals surface area contributed by atoms with Gasteiger partial charge < -0.3 is 85.3 Å². The zero-order valence-corrected chi connectivity index (χ0v) is 76.5. The van der Waals surface area contributed by atoms with E-state index < -0.39 is 44.6 Å². The molecule has 8 unspecified atom stereocenters. The Morgan fingerprint density at radius 3 is 1.09 bits per heavy atom. The van der Waals surface area contributed by atoms with Crippen molar-refractivity contribution in [2.75, 3.05) is 45.0 Å². The first kappa shape index (κ1) is 108. The molecule has 8 atom stereocenters. The summed E-state index contributed by atoms with van der Waals surface area (Å²) >= 11 is 0. The molecule has 0 fully saturated rings. The lowest BCUT2D eigenvalue weighted by molar-refractivity contribution is -0.384. The van der Waals surface area contributed by atoms with Crippen molar-refractivity contribution in [3.63, 3.8) is 0 Å². The Labute approximate surface area is 767 Å². The van der Waals surface area contributed by atoms with Gasteiger partial charge in [0.1, 0.15) is 22.4 Å². The number of benzene rings is 10. The van der Waals surface area contributed by atoms with Crippen LogP contribution in [0.3, 0.4) is 0 Å². The zero-order chi connectivity index (χ0) is 99.2. The van der Waals surface area contributed by atoms with E-state index in [2.05, 4.69) is 146 Å². The summed E-state index contributed by atoms with van der Waals surface area (Å²) in [5.41, 5.74) is 49.4. The Balaban J connectivity index is 0.000000321. The predicted molar refractivity (Wildman–Crippen MR) is 517 cm³/mol. The third kappa shape index (κ3) is 35.0.